The summed E-state index contributed by atoms with van der Waals surface area (Å²) < 4.78 is 18.4. The van der Waals surface area contributed by atoms with Crippen LogP contribution in [0.4, 0.5) is 4.39 Å². The van der Waals surface area contributed by atoms with Gasteiger partial charge in [-0.3, -0.25) is 0 Å². The molecule has 0 radical (unpaired) electrons. The molecule has 14 heavy (non-hydrogen) atoms. The number of nitrogens with one attached hydrogen (secondary N) is 1. The minimum Gasteiger partial charge on any atom is -0.483 e. The van der Waals surface area contributed by atoms with Crippen molar-refractivity contribution in [2.45, 2.75) is 6.10 Å². The van der Waals surface area contributed by atoms with Crippen molar-refractivity contribution in [3.8, 4) is 11.8 Å². The van der Waals surface area contributed by atoms with Crippen molar-refractivity contribution >= 4 is 0 Å². The highest BCUT2D eigenvalue weighted by atomic mass is 19.1. The Kier molecular flexibility index (Phi) is 2.29. The van der Waals surface area contributed by atoms with Gasteiger partial charge in [0.05, 0.1) is 0 Å². The highest BCUT2D eigenvalue weighted by molar-refractivity contribution is 5.28. The van der Waals surface area contributed by atoms with E-state index in [4.69, 9.17) is 10.00 Å². The second-order valence-electron chi connectivity index (χ2n) is 3.00. The number of ether oxygens (including phenoxy) is 1. The molecule has 0 aromatic carbocycles. The first-order chi connectivity index (χ1) is 6.79. The third kappa shape index (κ3) is 1.65. The second-order valence-corrected chi connectivity index (χ2v) is 3.00. The minimum absolute atomic E-state index is 0.0132. The van der Waals surface area contributed by atoms with Crippen LogP contribution in [0.3, 0.4) is 0 Å². The molecule has 1 aliphatic rings. The van der Waals surface area contributed by atoms with Crippen LogP contribution in [-0.4, -0.2) is 24.2 Å². The zero-order valence-corrected chi connectivity index (χ0v) is 7.33. The number of halogens is 1. The lowest BCUT2D eigenvalue weighted by Crippen LogP contribution is -2.50. The Morgan fingerprint density at radius 1 is 1.57 bits per heavy atom. The topological polar surface area (TPSA) is 57.9 Å². The Morgan fingerprint density at radius 2 is 2.36 bits per heavy atom. The van der Waals surface area contributed by atoms with E-state index >= 15 is 0 Å². The molecule has 0 amide bonds. The smallest absolute Gasteiger partial charge is 0.256 e. The van der Waals surface area contributed by atoms with E-state index < -0.39 is 5.95 Å². The van der Waals surface area contributed by atoms with Crippen molar-refractivity contribution in [1.82, 2.24) is 10.3 Å². The van der Waals surface area contributed by atoms with Gasteiger partial charge in [-0.1, -0.05) is 0 Å². The van der Waals surface area contributed by atoms with Gasteiger partial charge in [-0.05, 0) is 12.1 Å². The van der Waals surface area contributed by atoms with Crippen LogP contribution in [0.15, 0.2) is 12.1 Å². The first-order valence-electron chi connectivity index (χ1n) is 4.23. The van der Waals surface area contributed by atoms with Gasteiger partial charge in [-0.15, -0.1) is 0 Å². The lowest BCUT2D eigenvalue weighted by Gasteiger charge is -2.27. The fraction of sp³-hybridized carbons (Fsp3) is 0.333. The van der Waals surface area contributed by atoms with Gasteiger partial charge in [0.2, 0.25) is 0 Å². The molecule has 5 heteroatoms. The molecule has 1 aliphatic heterocycles. The Hall–Kier alpha value is -1.67. The van der Waals surface area contributed by atoms with Crippen molar-refractivity contribution in [2.24, 2.45) is 0 Å². The predicted octanol–water partition coefficient (Wildman–Crippen LogP) is 0.443. The van der Waals surface area contributed by atoms with Crippen molar-refractivity contribution in [2.75, 3.05) is 13.1 Å². The Balaban J connectivity index is 2.14. The first-order valence-corrected chi connectivity index (χ1v) is 4.23. The number of nitriles is 1. The van der Waals surface area contributed by atoms with E-state index in [1.54, 1.807) is 6.07 Å². The lowest BCUT2D eigenvalue weighted by atomic mass is 10.2. The summed E-state index contributed by atoms with van der Waals surface area (Å²) in [6.07, 6.45) is 0.0132. The Labute approximate surface area is 80.3 Å². The second kappa shape index (κ2) is 3.60. The van der Waals surface area contributed by atoms with Gasteiger partial charge < -0.3 is 10.1 Å². The standard InChI is InChI=1S/C9H8FN3O/c10-9-8(14-7-4-12-5-7)2-1-6(3-11)13-9/h1-2,7,12H,4-5H2. The molecule has 2 heterocycles. The molecule has 72 valence electrons. The molecule has 0 atom stereocenters. The summed E-state index contributed by atoms with van der Waals surface area (Å²) in [5, 5.41) is 11.5. The van der Waals surface area contributed by atoms with Crippen LogP contribution in [0.1, 0.15) is 5.69 Å². The molecule has 0 aliphatic carbocycles. The molecule has 0 saturated carbocycles. The molecular formula is C9H8FN3O. The molecule has 1 N–H and O–H groups in total. The van der Waals surface area contributed by atoms with E-state index in [2.05, 4.69) is 10.3 Å². The monoisotopic (exact) mass is 193 g/mol. The molecule has 1 aromatic rings. The molecule has 1 saturated heterocycles. The third-order valence-electron chi connectivity index (χ3n) is 1.97. The van der Waals surface area contributed by atoms with Gasteiger partial charge in [0.25, 0.3) is 5.95 Å². The van der Waals surface area contributed by atoms with Crippen LogP contribution < -0.4 is 10.1 Å². The molecule has 0 spiro atoms. The number of nitrogens with zero attached hydrogens (tertiary/aromatic N) is 2. The minimum atomic E-state index is -0.726. The van der Waals surface area contributed by atoms with Crippen LogP contribution in [0.5, 0.6) is 5.75 Å². The summed E-state index contributed by atoms with van der Waals surface area (Å²) in [7, 11) is 0. The highest BCUT2D eigenvalue weighted by Gasteiger charge is 2.20. The summed E-state index contributed by atoms with van der Waals surface area (Å²) in [5.74, 6) is -0.619. The average Bonchev–Trinajstić information content (AvgIpc) is 2.13. The number of rotatable bonds is 2. The zero-order valence-electron chi connectivity index (χ0n) is 7.33. The molecule has 0 bridgehead atoms. The quantitative estimate of drug-likeness (QED) is 0.692. The molecule has 4 nitrogen and oxygen atoms in total. The van der Waals surface area contributed by atoms with Gasteiger partial charge in [-0.25, -0.2) is 4.98 Å². The number of aromatic nitrogens is 1. The average molecular weight is 193 g/mol. The molecule has 0 unspecified atom stereocenters. The molecule has 2 rings (SSSR count). The van der Waals surface area contributed by atoms with Crippen molar-refractivity contribution in [3.63, 3.8) is 0 Å². The van der Waals surface area contributed by atoms with Crippen molar-refractivity contribution in [3.05, 3.63) is 23.8 Å². The fourth-order valence-corrected chi connectivity index (χ4v) is 1.10. The van der Waals surface area contributed by atoms with E-state index in [0.717, 1.165) is 13.1 Å². The summed E-state index contributed by atoms with van der Waals surface area (Å²) in [4.78, 5) is 3.43. The lowest BCUT2D eigenvalue weighted by molar-refractivity contribution is 0.135. The van der Waals surface area contributed by atoms with Gasteiger partial charge in [0, 0.05) is 13.1 Å². The van der Waals surface area contributed by atoms with Gasteiger partial charge in [-0.2, -0.15) is 9.65 Å². The predicted molar refractivity (Wildman–Crippen MR) is 46.2 cm³/mol. The van der Waals surface area contributed by atoms with Crippen LogP contribution >= 0.6 is 0 Å². The molecule has 1 fully saturated rings. The maximum atomic E-state index is 13.2. The van der Waals surface area contributed by atoms with Crippen LogP contribution in [0.25, 0.3) is 0 Å². The zero-order chi connectivity index (χ0) is 9.97. The van der Waals surface area contributed by atoms with Gasteiger partial charge >= 0.3 is 0 Å². The molecule has 1 aromatic heterocycles. The summed E-state index contributed by atoms with van der Waals surface area (Å²) in [5.41, 5.74) is 0.0570. The number of hydrogen-bond acceptors (Lipinski definition) is 4. The summed E-state index contributed by atoms with van der Waals surface area (Å²) >= 11 is 0. The number of pyridine rings is 1. The Morgan fingerprint density at radius 3 is 2.86 bits per heavy atom. The van der Waals surface area contributed by atoms with Gasteiger partial charge in [0.15, 0.2) is 5.75 Å². The van der Waals surface area contributed by atoms with E-state index in [-0.39, 0.29) is 17.5 Å². The SMILES string of the molecule is N#Cc1ccc(OC2CNC2)c(F)n1. The summed E-state index contributed by atoms with van der Waals surface area (Å²) in [6, 6.07) is 4.62. The fourth-order valence-electron chi connectivity index (χ4n) is 1.10. The van der Waals surface area contributed by atoms with E-state index in [9.17, 15) is 4.39 Å². The highest BCUT2D eigenvalue weighted by Crippen LogP contribution is 2.17. The van der Waals surface area contributed by atoms with E-state index in [1.807, 2.05) is 0 Å². The maximum absolute atomic E-state index is 13.2. The normalized spacial score (nSPS) is 15.7. The first kappa shape index (κ1) is 8.91. The van der Waals surface area contributed by atoms with E-state index in [1.165, 1.54) is 12.1 Å². The van der Waals surface area contributed by atoms with Crippen molar-refractivity contribution in [1.29, 1.82) is 5.26 Å². The molecular weight excluding hydrogens is 185 g/mol. The Bertz CT molecular complexity index is 384. The number of hydrogen-bond donors (Lipinski definition) is 1. The van der Waals surface area contributed by atoms with Crippen LogP contribution in [-0.2, 0) is 0 Å². The summed E-state index contributed by atoms with van der Waals surface area (Å²) in [6.45, 7) is 1.44. The van der Waals surface area contributed by atoms with Crippen LogP contribution in [0.2, 0.25) is 0 Å². The van der Waals surface area contributed by atoms with Gasteiger partial charge in [0.1, 0.15) is 17.9 Å². The largest absolute Gasteiger partial charge is 0.483 e. The van der Waals surface area contributed by atoms with E-state index in [0.29, 0.717) is 0 Å². The van der Waals surface area contributed by atoms with Crippen molar-refractivity contribution < 1.29 is 9.13 Å². The third-order valence-corrected chi connectivity index (χ3v) is 1.97. The van der Waals surface area contributed by atoms with Crippen LogP contribution in [0, 0.1) is 17.3 Å². The maximum Gasteiger partial charge on any atom is 0.256 e.